The molecule has 0 spiro atoms. The highest BCUT2D eigenvalue weighted by Crippen LogP contribution is 2.13. The maximum absolute atomic E-state index is 9.15. The van der Waals surface area contributed by atoms with E-state index >= 15 is 0 Å². The van der Waals surface area contributed by atoms with Gasteiger partial charge in [-0.25, -0.2) is 0 Å². The molecule has 0 aromatic heterocycles. The molecule has 106 valence electrons. The van der Waals surface area contributed by atoms with Crippen LogP contribution in [0.25, 0.3) is 0 Å². The topological polar surface area (TPSA) is 32.8 Å². The van der Waals surface area contributed by atoms with Crippen LogP contribution in [0.2, 0.25) is 0 Å². The second-order valence-electron chi connectivity index (χ2n) is 4.95. The van der Waals surface area contributed by atoms with Crippen molar-refractivity contribution in [2.24, 2.45) is 0 Å². The molecule has 0 aliphatic carbocycles. The number of aryl methyl sites for hydroxylation is 1. The number of phenols is 1. The molecule has 0 bridgehead atoms. The van der Waals surface area contributed by atoms with Gasteiger partial charge in [-0.3, -0.25) is 0 Å². The molecule has 0 atom stereocenters. The van der Waals surface area contributed by atoms with Gasteiger partial charge in [-0.1, -0.05) is 57.6 Å². The summed E-state index contributed by atoms with van der Waals surface area (Å²) in [6.45, 7) is 2.25. The minimum atomic E-state index is 0.364. The summed E-state index contributed by atoms with van der Waals surface area (Å²) in [5.74, 6) is 0.364. The van der Waals surface area contributed by atoms with E-state index in [4.69, 9.17) is 5.11 Å². The van der Waals surface area contributed by atoms with Gasteiger partial charge in [0.15, 0.2) is 0 Å². The first-order chi connectivity index (χ1) is 9.33. The molecule has 19 heavy (non-hydrogen) atoms. The van der Waals surface area contributed by atoms with Crippen molar-refractivity contribution in [3.05, 3.63) is 42.4 Å². The molecular weight excluding hydrogens is 236 g/mol. The van der Waals surface area contributed by atoms with Crippen LogP contribution < -0.4 is 0 Å². The summed E-state index contributed by atoms with van der Waals surface area (Å²) in [7, 11) is 0. The summed E-state index contributed by atoms with van der Waals surface area (Å²) >= 11 is 0. The summed E-state index contributed by atoms with van der Waals surface area (Å²) in [4.78, 5) is 0. The molecule has 0 radical (unpaired) electrons. The molecule has 0 unspecified atom stereocenters. The number of unbranched alkanes of at least 4 members (excludes halogenated alkanes) is 6. The van der Waals surface area contributed by atoms with E-state index in [-0.39, 0.29) is 0 Å². The summed E-state index contributed by atoms with van der Waals surface area (Å²) < 4.78 is 4.25. The molecule has 0 saturated heterocycles. The van der Waals surface area contributed by atoms with Gasteiger partial charge in [-0.2, -0.15) is 0 Å². The van der Waals surface area contributed by atoms with Crippen molar-refractivity contribution in [2.75, 3.05) is 0 Å². The zero-order valence-corrected chi connectivity index (χ0v) is 12.0. The second-order valence-corrected chi connectivity index (χ2v) is 4.95. The first-order valence-corrected chi connectivity index (χ1v) is 7.41. The van der Waals surface area contributed by atoms with E-state index in [1.807, 2.05) is 12.1 Å². The number of hydrogen-bond acceptors (Lipinski definition) is 2. The molecule has 2 rings (SSSR count). The smallest absolute Gasteiger partial charge is 0.125 e. The number of phenolic OH excluding ortho intramolecular Hbond substituents is 1. The van der Waals surface area contributed by atoms with Crippen molar-refractivity contribution in [2.45, 2.75) is 58.3 Å². The fourth-order valence-corrected chi connectivity index (χ4v) is 1.95. The van der Waals surface area contributed by atoms with Crippen LogP contribution in [0, 0.1) is 0 Å². The van der Waals surface area contributed by atoms with Crippen molar-refractivity contribution in [1.82, 2.24) is 0 Å². The average molecular weight is 262 g/mol. The third-order valence-corrected chi connectivity index (χ3v) is 3.14. The number of rotatable bonds is 8. The van der Waals surface area contributed by atoms with Crippen LogP contribution in [0.5, 0.6) is 5.75 Å². The van der Waals surface area contributed by atoms with Gasteiger partial charge < -0.3 is 9.84 Å². The molecule has 1 aliphatic rings. The lowest BCUT2D eigenvalue weighted by Gasteiger charge is -2.02. The molecule has 1 aliphatic heterocycles. The van der Waals surface area contributed by atoms with Gasteiger partial charge >= 0.3 is 0 Å². The van der Waals surface area contributed by atoms with Crippen molar-refractivity contribution in [3.8, 4) is 5.75 Å². The number of aromatic hydroxyl groups is 1. The highest BCUT2D eigenvalue weighted by Gasteiger charge is 1.94. The molecule has 2 heteroatoms. The number of hydrogen-bond donors (Lipinski definition) is 1. The zero-order valence-electron chi connectivity index (χ0n) is 12.0. The van der Waals surface area contributed by atoms with Gasteiger partial charge in [0.25, 0.3) is 0 Å². The molecular formula is C17H26O2. The van der Waals surface area contributed by atoms with Crippen molar-refractivity contribution < 1.29 is 9.84 Å². The van der Waals surface area contributed by atoms with Crippen LogP contribution in [-0.2, 0) is 11.2 Å². The Bertz CT molecular complexity index is 337. The van der Waals surface area contributed by atoms with Gasteiger partial charge in [0.2, 0.25) is 0 Å². The Morgan fingerprint density at radius 3 is 1.89 bits per heavy atom. The number of ether oxygens (including phenoxy) is 1. The minimum Gasteiger partial charge on any atom is -0.508 e. The van der Waals surface area contributed by atoms with E-state index in [1.165, 1.54) is 50.5 Å². The molecule has 1 aromatic rings. The molecule has 2 nitrogen and oxygen atoms in total. The van der Waals surface area contributed by atoms with E-state index in [0.717, 1.165) is 6.42 Å². The Labute approximate surface area is 117 Å². The maximum atomic E-state index is 9.15. The van der Waals surface area contributed by atoms with Gasteiger partial charge in [0.05, 0.1) is 0 Å². The van der Waals surface area contributed by atoms with Crippen molar-refractivity contribution in [3.63, 3.8) is 0 Å². The fourth-order valence-electron chi connectivity index (χ4n) is 1.95. The molecule has 0 saturated carbocycles. The zero-order chi connectivity index (χ0) is 13.8. The van der Waals surface area contributed by atoms with Crippen LogP contribution in [0.4, 0.5) is 0 Å². The fraction of sp³-hybridized carbons (Fsp3) is 0.529. The molecule has 1 aromatic carbocycles. The molecule has 1 heterocycles. The van der Waals surface area contributed by atoms with Gasteiger partial charge in [-0.15, -0.1) is 0 Å². The standard InChI is InChI=1S/C15H24O.C2H2O/c1-2-3-4-5-6-7-8-9-14-10-12-15(16)13-11-14;1-2-3-1/h10-13,16H,2-9H2,1H3;1-2H. The highest BCUT2D eigenvalue weighted by molar-refractivity contribution is 5.25. The lowest BCUT2D eigenvalue weighted by Crippen LogP contribution is -1.85. The quantitative estimate of drug-likeness (QED) is 0.655. The van der Waals surface area contributed by atoms with Crippen LogP contribution in [0.1, 0.15) is 57.4 Å². The predicted molar refractivity (Wildman–Crippen MR) is 80.0 cm³/mol. The van der Waals surface area contributed by atoms with Gasteiger partial charge in [0, 0.05) is 0 Å². The average Bonchev–Trinajstić information content (AvgIpc) is 3.28. The normalized spacial score (nSPS) is 11.4. The van der Waals surface area contributed by atoms with E-state index in [0.29, 0.717) is 5.75 Å². The van der Waals surface area contributed by atoms with Crippen molar-refractivity contribution in [1.29, 1.82) is 0 Å². The Hall–Kier alpha value is -1.44. The maximum Gasteiger partial charge on any atom is 0.125 e. The second kappa shape index (κ2) is 10.5. The minimum absolute atomic E-state index is 0.364. The van der Waals surface area contributed by atoms with Crippen LogP contribution in [0.15, 0.2) is 36.8 Å². The summed E-state index contributed by atoms with van der Waals surface area (Å²) in [6.07, 6.45) is 13.9. The third kappa shape index (κ3) is 10.2. The summed E-state index contributed by atoms with van der Waals surface area (Å²) in [5, 5.41) is 9.15. The van der Waals surface area contributed by atoms with E-state index < -0.39 is 0 Å². The van der Waals surface area contributed by atoms with Gasteiger partial charge in [-0.05, 0) is 30.5 Å². The van der Waals surface area contributed by atoms with Crippen LogP contribution in [0.3, 0.4) is 0 Å². The van der Waals surface area contributed by atoms with Crippen LogP contribution >= 0.6 is 0 Å². The highest BCUT2D eigenvalue weighted by atomic mass is 16.5. The largest absolute Gasteiger partial charge is 0.508 e. The Balaban J connectivity index is 0.000000524. The SMILES string of the molecule is C1=CO1.CCCCCCCCCc1ccc(O)cc1. The first-order valence-electron chi connectivity index (χ1n) is 7.41. The lowest BCUT2D eigenvalue weighted by atomic mass is 10.0. The van der Waals surface area contributed by atoms with E-state index in [2.05, 4.69) is 11.7 Å². The Morgan fingerprint density at radius 1 is 0.842 bits per heavy atom. The Kier molecular flexibility index (Phi) is 8.61. The van der Waals surface area contributed by atoms with Gasteiger partial charge in [0.1, 0.15) is 18.3 Å². The molecule has 0 fully saturated rings. The first kappa shape index (κ1) is 15.6. The number of benzene rings is 1. The molecule has 0 amide bonds. The summed E-state index contributed by atoms with van der Waals surface area (Å²) in [5.41, 5.74) is 1.34. The monoisotopic (exact) mass is 262 g/mol. The summed E-state index contributed by atoms with van der Waals surface area (Å²) in [6, 6.07) is 7.59. The van der Waals surface area contributed by atoms with E-state index in [1.54, 1.807) is 24.7 Å². The lowest BCUT2D eigenvalue weighted by molar-refractivity contribution is 0.475. The molecule has 1 N–H and O–H groups in total. The van der Waals surface area contributed by atoms with Crippen LogP contribution in [-0.4, -0.2) is 5.11 Å². The van der Waals surface area contributed by atoms with Crippen molar-refractivity contribution >= 4 is 0 Å². The predicted octanol–water partition coefficient (Wildman–Crippen LogP) is 5.17. The van der Waals surface area contributed by atoms with E-state index in [9.17, 15) is 0 Å². The Morgan fingerprint density at radius 2 is 1.37 bits per heavy atom. The third-order valence-electron chi connectivity index (χ3n) is 3.14.